The van der Waals surface area contributed by atoms with Gasteiger partial charge in [-0.15, -0.1) is 0 Å². The molecule has 1 nitrogen and oxygen atoms in total. The molecule has 0 bridgehead atoms. The maximum atomic E-state index is 9.87. The number of unbranched alkanes of at least 4 members (excludes halogenated alkanes) is 6. The van der Waals surface area contributed by atoms with E-state index in [1.54, 1.807) is 5.57 Å². The van der Waals surface area contributed by atoms with E-state index in [-0.39, 0.29) is 5.41 Å². The van der Waals surface area contributed by atoms with Crippen molar-refractivity contribution in [3.63, 3.8) is 0 Å². The van der Waals surface area contributed by atoms with Crippen LogP contribution in [0.3, 0.4) is 0 Å². The lowest BCUT2D eigenvalue weighted by molar-refractivity contribution is 0.206. The Morgan fingerprint density at radius 3 is 2.10 bits per heavy atom. The summed E-state index contributed by atoms with van der Waals surface area (Å²) in [4.78, 5) is 0. The largest absolute Gasteiger partial charge is 0.198 e. The van der Waals surface area contributed by atoms with Crippen LogP contribution in [0.5, 0.6) is 0 Å². The van der Waals surface area contributed by atoms with E-state index in [2.05, 4.69) is 32.9 Å². The highest BCUT2D eigenvalue weighted by molar-refractivity contribution is 5.11. The third-order valence-corrected chi connectivity index (χ3v) is 8.19. The van der Waals surface area contributed by atoms with Gasteiger partial charge in [0, 0.05) is 0 Å². The quantitative estimate of drug-likeness (QED) is 0.237. The van der Waals surface area contributed by atoms with E-state index in [9.17, 15) is 5.26 Å². The van der Waals surface area contributed by atoms with E-state index < -0.39 is 0 Å². The van der Waals surface area contributed by atoms with Gasteiger partial charge in [0.25, 0.3) is 0 Å². The average Bonchev–Trinajstić information content (AvgIpc) is 2.75. The molecule has 29 heavy (non-hydrogen) atoms. The fraction of sp³-hybridized carbons (Fsp3) is 0.893. The Morgan fingerprint density at radius 2 is 1.48 bits per heavy atom. The predicted octanol–water partition coefficient (Wildman–Crippen LogP) is 9.38. The molecule has 0 aliphatic heterocycles. The monoisotopic (exact) mass is 399 g/mol. The zero-order valence-corrected chi connectivity index (χ0v) is 20.0. The van der Waals surface area contributed by atoms with Crippen molar-refractivity contribution in [2.24, 2.45) is 23.2 Å². The summed E-state index contributed by atoms with van der Waals surface area (Å²) in [5.74, 6) is 2.59. The van der Waals surface area contributed by atoms with Gasteiger partial charge in [0.05, 0.1) is 11.5 Å². The Hall–Kier alpha value is -0.770. The van der Waals surface area contributed by atoms with Gasteiger partial charge in [-0.2, -0.15) is 5.26 Å². The zero-order chi connectivity index (χ0) is 21.0. The van der Waals surface area contributed by atoms with Crippen molar-refractivity contribution in [2.75, 3.05) is 0 Å². The van der Waals surface area contributed by atoms with Crippen LogP contribution in [0.2, 0.25) is 0 Å². The first-order chi connectivity index (χ1) is 14.1. The van der Waals surface area contributed by atoms with Crippen LogP contribution >= 0.6 is 0 Å². The summed E-state index contributed by atoms with van der Waals surface area (Å²) in [6, 6.07) is 2.76. The smallest absolute Gasteiger partial charge is 0.0689 e. The summed E-state index contributed by atoms with van der Waals surface area (Å²) in [6.07, 6.45) is 26.6. The number of nitrogens with zero attached hydrogens (tertiary/aromatic N) is 1. The lowest BCUT2D eigenvalue weighted by atomic mass is 9.67. The SMILES string of the molecule is CCCCCCC[C@]1(C#N)CC[C@@H](C(C)=CC2CCC(CCCCC)CC2)CC1. The molecule has 0 spiro atoms. The predicted molar refractivity (Wildman–Crippen MR) is 127 cm³/mol. The van der Waals surface area contributed by atoms with Crippen LogP contribution in [0.25, 0.3) is 0 Å². The zero-order valence-electron chi connectivity index (χ0n) is 20.0. The minimum absolute atomic E-state index is 0.000453. The number of rotatable bonds is 12. The van der Waals surface area contributed by atoms with Crippen LogP contribution in [0.1, 0.15) is 136 Å². The number of nitriles is 1. The normalized spacial score (nSPS) is 30.8. The van der Waals surface area contributed by atoms with Crippen molar-refractivity contribution in [1.82, 2.24) is 0 Å². The van der Waals surface area contributed by atoms with Crippen LogP contribution in [0, 0.1) is 34.5 Å². The molecule has 0 unspecified atom stereocenters. The molecule has 0 N–H and O–H groups in total. The molecule has 166 valence electrons. The van der Waals surface area contributed by atoms with Gasteiger partial charge in [0.1, 0.15) is 0 Å². The van der Waals surface area contributed by atoms with E-state index in [1.165, 1.54) is 96.3 Å². The van der Waals surface area contributed by atoms with Gasteiger partial charge >= 0.3 is 0 Å². The highest BCUT2D eigenvalue weighted by atomic mass is 14.4. The summed E-state index contributed by atoms with van der Waals surface area (Å²) in [5.41, 5.74) is 1.65. The van der Waals surface area contributed by atoms with Crippen LogP contribution < -0.4 is 0 Å². The summed E-state index contributed by atoms with van der Waals surface area (Å²) in [6.45, 7) is 6.97. The molecular formula is C28H49N. The second kappa shape index (κ2) is 13.5. The van der Waals surface area contributed by atoms with Crippen LogP contribution in [-0.2, 0) is 0 Å². The fourth-order valence-electron chi connectivity index (χ4n) is 5.94. The summed E-state index contributed by atoms with van der Waals surface area (Å²) in [5, 5.41) is 9.87. The first-order valence-corrected chi connectivity index (χ1v) is 13.2. The Morgan fingerprint density at radius 1 is 0.862 bits per heavy atom. The molecule has 0 radical (unpaired) electrons. The fourth-order valence-corrected chi connectivity index (χ4v) is 5.94. The van der Waals surface area contributed by atoms with Gasteiger partial charge in [-0.1, -0.05) is 83.3 Å². The van der Waals surface area contributed by atoms with Gasteiger partial charge in [0.2, 0.25) is 0 Å². The standard InChI is InChI=1S/C28H49N/c1-4-6-8-9-11-19-28(23-29)20-17-27(18-21-28)24(3)22-26-15-13-25(14-16-26)12-10-7-5-2/h22,25-27H,4-21H2,1-3H3/t25?,26?,27-,28+. The molecule has 0 aromatic rings. The number of hydrogen-bond acceptors (Lipinski definition) is 1. The molecule has 2 rings (SSSR count). The number of allylic oxidation sites excluding steroid dienone is 2. The molecular weight excluding hydrogens is 350 g/mol. The molecule has 1 heteroatoms. The van der Waals surface area contributed by atoms with Gasteiger partial charge in [-0.25, -0.2) is 0 Å². The first kappa shape index (κ1) is 24.5. The van der Waals surface area contributed by atoms with Crippen molar-refractivity contribution >= 4 is 0 Å². The van der Waals surface area contributed by atoms with Crippen molar-refractivity contribution < 1.29 is 0 Å². The Bertz CT molecular complexity index is 495. The van der Waals surface area contributed by atoms with Crippen LogP contribution in [0.4, 0.5) is 0 Å². The van der Waals surface area contributed by atoms with Gasteiger partial charge < -0.3 is 0 Å². The van der Waals surface area contributed by atoms with E-state index in [0.717, 1.165) is 37.0 Å². The Labute approximate surface area is 182 Å². The number of hydrogen-bond donors (Lipinski definition) is 0. The molecule has 0 amide bonds. The first-order valence-electron chi connectivity index (χ1n) is 13.2. The molecule has 2 aliphatic carbocycles. The van der Waals surface area contributed by atoms with Crippen molar-refractivity contribution in [3.05, 3.63) is 11.6 Å². The maximum Gasteiger partial charge on any atom is 0.0689 e. The topological polar surface area (TPSA) is 23.8 Å². The maximum absolute atomic E-state index is 9.87. The van der Waals surface area contributed by atoms with E-state index in [0.29, 0.717) is 0 Å². The second-order valence-electron chi connectivity index (χ2n) is 10.5. The van der Waals surface area contributed by atoms with Crippen LogP contribution in [0.15, 0.2) is 11.6 Å². The van der Waals surface area contributed by atoms with Gasteiger partial charge in [-0.05, 0) is 82.5 Å². The Balaban J connectivity index is 1.72. The van der Waals surface area contributed by atoms with Crippen LogP contribution in [-0.4, -0.2) is 0 Å². The molecule has 0 atom stereocenters. The lowest BCUT2D eigenvalue weighted by Crippen LogP contribution is -2.27. The Kier molecular flexibility index (Phi) is 11.4. The van der Waals surface area contributed by atoms with Gasteiger partial charge in [-0.3, -0.25) is 0 Å². The van der Waals surface area contributed by atoms with E-state index in [4.69, 9.17) is 0 Å². The molecule has 2 saturated carbocycles. The molecule has 2 aliphatic rings. The molecule has 2 fully saturated rings. The van der Waals surface area contributed by atoms with Crippen molar-refractivity contribution in [2.45, 2.75) is 136 Å². The van der Waals surface area contributed by atoms with E-state index >= 15 is 0 Å². The summed E-state index contributed by atoms with van der Waals surface area (Å²) >= 11 is 0. The van der Waals surface area contributed by atoms with E-state index in [1.807, 2.05) is 0 Å². The molecule has 0 heterocycles. The highest BCUT2D eigenvalue weighted by Gasteiger charge is 2.35. The third kappa shape index (κ3) is 8.47. The molecule has 0 saturated heterocycles. The third-order valence-electron chi connectivity index (χ3n) is 8.19. The lowest BCUT2D eigenvalue weighted by Gasteiger charge is -2.36. The van der Waals surface area contributed by atoms with Crippen molar-refractivity contribution in [3.8, 4) is 6.07 Å². The van der Waals surface area contributed by atoms with Gasteiger partial charge in [0.15, 0.2) is 0 Å². The molecule has 0 aromatic heterocycles. The second-order valence-corrected chi connectivity index (χ2v) is 10.5. The summed E-state index contributed by atoms with van der Waals surface area (Å²) in [7, 11) is 0. The highest BCUT2D eigenvalue weighted by Crippen LogP contribution is 2.45. The average molecular weight is 400 g/mol. The molecule has 0 aromatic carbocycles. The minimum atomic E-state index is -0.000453. The minimum Gasteiger partial charge on any atom is -0.198 e. The summed E-state index contributed by atoms with van der Waals surface area (Å²) < 4.78 is 0. The van der Waals surface area contributed by atoms with Crippen molar-refractivity contribution in [1.29, 1.82) is 5.26 Å².